The predicted molar refractivity (Wildman–Crippen MR) is 82.0 cm³/mol. The zero-order valence-corrected chi connectivity index (χ0v) is 13.5. The van der Waals surface area contributed by atoms with Gasteiger partial charge in [-0.05, 0) is 32.1 Å². The third kappa shape index (κ3) is 5.29. The Hall–Kier alpha value is -1.63. The summed E-state index contributed by atoms with van der Waals surface area (Å²) in [6.45, 7) is 6.46. The Kier molecular flexibility index (Phi) is 6.80. The number of rotatable bonds is 6. The molecule has 22 heavy (non-hydrogen) atoms. The first-order valence-electron chi connectivity index (χ1n) is 7.80. The van der Waals surface area contributed by atoms with Crippen molar-refractivity contribution in [3.8, 4) is 0 Å². The second-order valence-corrected chi connectivity index (χ2v) is 6.40. The number of hydrogen-bond donors (Lipinski definition) is 3. The molecule has 0 radical (unpaired) electrons. The number of piperidine rings is 1. The molecule has 0 aromatic carbocycles. The SMILES string of the molecule is CC(C)CC(N)C(=O)N1CCC(C(=O)NC(C)C(=O)O)CC1. The van der Waals surface area contributed by atoms with Crippen LogP contribution in [-0.2, 0) is 14.4 Å². The first kappa shape index (κ1) is 18.4. The van der Waals surface area contributed by atoms with Gasteiger partial charge >= 0.3 is 5.97 Å². The molecule has 2 atom stereocenters. The van der Waals surface area contributed by atoms with E-state index in [9.17, 15) is 14.4 Å². The topological polar surface area (TPSA) is 113 Å². The Morgan fingerprint density at radius 2 is 1.77 bits per heavy atom. The van der Waals surface area contributed by atoms with E-state index in [1.807, 2.05) is 13.8 Å². The maximum absolute atomic E-state index is 12.2. The molecule has 1 rings (SSSR count). The van der Waals surface area contributed by atoms with Gasteiger partial charge in [0.25, 0.3) is 0 Å². The van der Waals surface area contributed by atoms with Crippen LogP contribution < -0.4 is 11.1 Å². The number of carbonyl (C=O) groups is 3. The molecular weight excluding hydrogens is 286 g/mol. The number of nitrogens with two attached hydrogens (primary N) is 1. The highest BCUT2D eigenvalue weighted by Gasteiger charge is 2.30. The van der Waals surface area contributed by atoms with Crippen molar-refractivity contribution in [2.45, 2.75) is 52.1 Å². The van der Waals surface area contributed by atoms with Gasteiger partial charge in [0, 0.05) is 19.0 Å². The van der Waals surface area contributed by atoms with Crippen LogP contribution in [0.25, 0.3) is 0 Å². The average molecular weight is 313 g/mol. The minimum atomic E-state index is -1.05. The second kappa shape index (κ2) is 8.12. The lowest BCUT2D eigenvalue weighted by molar-refractivity contribution is -0.142. The van der Waals surface area contributed by atoms with Crippen molar-refractivity contribution in [2.24, 2.45) is 17.6 Å². The van der Waals surface area contributed by atoms with Gasteiger partial charge in [0.1, 0.15) is 6.04 Å². The van der Waals surface area contributed by atoms with Crippen molar-refractivity contribution >= 4 is 17.8 Å². The van der Waals surface area contributed by atoms with Crippen LogP contribution in [0.15, 0.2) is 0 Å². The summed E-state index contributed by atoms with van der Waals surface area (Å²) in [6, 6.07) is -1.39. The lowest BCUT2D eigenvalue weighted by atomic mass is 9.94. The number of carboxylic acids is 1. The molecule has 2 unspecified atom stereocenters. The molecule has 1 aliphatic heterocycles. The number of amides is 2. The van der Waals surface area contributed by atoms with Gasteiger partial charge in [-0.3, -0.25) is 14.4 Å². The molecule has 1 heterocycles. The largest absolute Gasteiger partial charge is 0.480 e. The van der Waals surface area contributed by atoms with Crippen LogP contribution in [0, 0.1) is 11.8 Å². The fourth-order valence-electron chi connectivity index (χ4n) is 2.60. The molecule has 0 bridgehead atoms. The third-order valence-corrected chi connectivity index (χ3v) is 3.95. The van der Waals surface area contributed by atoms with Crippen molar-refractivity contribution in [2.75, 3.05) is 13.1 Å². The Bertz CT molecular complexity index is 417. The Morgan fingerprint density at radius 3 is 2.23 bits per heavy atom. The van der Waals surface area contributed by atoms with Gasteiger partial charge in [0.2, 0.25) is 11.8 Å². The summed E-state index contributed by atoms with van der Waals surface area (Å²) in [6.07, 6.45) is 1.73. The van der Waals surface area contributed by atoms with Crippen LogP contribution in [0.1, 0.15) is 40.0 Å². The van der Waals surface area contributed by atoms with Gasteiger partial charge in [-0.2, -0.15) is 0 Å². The lowest BCUT2D eigenvalue weighted by Gasteiger charge is -2.33. The summed E-state index contributed by atoms with van der Waals surface area (Å²) in [4.78, 5) is 36.6. The lowest BCUT2D eigenvalue weighted by Crippen LogP contribution is -2.50. The molecule has 7 heteroatoms. The number of aliphatic carboxylic acids is 1. The standard InChI is InChI=1S/C15H27N3O4/c1-9(2)8-12(16)14(20)18-6-4-11(5-7-18)13(19)17-10(3)15(21)22/h9-12H,4-8,16H2,1-3H3,(H,17,19)(H,21,22). The summed E-state index contributed by atoms with van der Waals surface area (Å²) in [5.74, 6) is -1.26. The first-order valence-corrected chi connectivity index (χ1v) is 7.80. The van der Waals surface area contributed by atoms with Crippen LogP contribution in [0.3, 0.4) is 0 Å². The van der Waals surface area contributed by atoms with Gasteiger partial charge in [0.05, 0.1) is 6.04 Å². The Balaban J connectivity index is 2.44. The van der Waals surface area contributed by atoms with E-state index < -0.39 is 18.1 Å². The van der Waals surface area contributed by atoms with Crippen molar-refractivity contribution in [1.29, 1.82) is 0 Å². The second-order valence-electron chi connectivity index (χ2n) is 6.40. The van der Waals surface area contributed by atoms with Crippen molar-refractivity contribution in [3.63, 3.8) is 0 Å². The number of likely N-dealkylation sites (tertiary alicyclic amines) is 1. The van der Waals surface area contributed by atoms with Crippen molar-refractivity contribution < 1.29 is 19.5 Å². The Morgan fingerprint density at radius 1 is 1.23 bits per heavy atom. The van der Waals surface area contributed by atoms with Crippen LogP contribution in [0.4, 0.5) is 0 Å². The van der Waals surface area contributed by atoms with Gasteiger partial charge in [-0.1, -0.05) is 13.8 Å². The number of carbonyl (C=O) groups excluding carboxylic acids is 2. The van der Waals surface area contributed by atoms with Gasteiger partial charge < -0.3 is 21.1 Å². The van der Waals surface area contributed by atoms with E-state index in [1.165, 1.54) is 6.92 Å². The minimum Gasteiger partial charge on any atom is -0.480 e. The highest BCUT2D eigenvalue weighted by molar-refractivity contribution is 5.85. The monoisotopic (exact) mass is 313 g/mol. The summed E-state index contributed by atoms with van der Waals surface area (Å²) in [5.41, 5.74) is 5.91. The van der Waals surface area contributed by atoms with Gasteiger partial charge in [-0.25, -0.2) is 0 Å². The summed E-state index contributed by atoms with van der Waals surface area (Å²) in [5, 5.41) is 11.3. The molecule has 1 aliphatic rings. The maximum atomic E-state index is 12.2. The molecule has 1 fully saturated rings. The summed E-state index contributed by atoms with van der Waals surface area (Å²) in [7, 11) is 0. The predicted octanol–water partition coefficient (Wildman–Crippen LogP) is 0.188. The van der Waals surface area contributed by atoms with E-state index in [-0.39, 0.29) is 17.7 Å². The van der Waals surface area contributed by atoms with Crippen LogP contribution in [-0.4, -0.2) is 53.0 Å². The minimum absolute atomic E-state index is 0.0635. The fraction of sp³-hybridized carbons (Fsp3) is 0.800. The van der Waals surface area contributed by atoms with Gasteiger partial charge in [-0.15, -0.1) is 0 Å². The summed E-state index contributed by atoms with van der Waals surface area (Å²) >= 11 is 0. The van der Waals surface area contributed by atoms with Gasteiger partial charge in [0.15, 0.2) is 0 Å². The first-order chi connectivity index (χ1) is 10.2. The summed E-state index contributed by atoms with van der Waals surface area (Å²) < 4.78 is 0. The fourth-order valence-corrected chi connectivity index (χ4v) is 2.60. The number of carboxylic acid groups (broad SMARTS) is 1. The van der Waals surface area contributed by atoms with Crippen LogP contribution in [0.5, 0.6) is 0 Å². The highest BCUT2D eigenvalue weighted by atomic mass is 16.4. The number of nitrogens with one attached hydrogen (secondary N) is 1. The molecule has 2 amide bonds. The van der Waals surface area contributed by atoms with E-state index in [0.29, 0.717) is 38.3 Å². The van der Waals surface area contributed by atoms with Crippen molar-refractivity contribution in [3.05, 3.63) is 0 Å². The van der Waals surface area contributed by atoms with E-state index in [4.69, 9.17) is 10.8 Å². The van der Waals surface area contributed by atoms with E-state index in [1.54, 1.807) is 4.90 Å². The normalized spacial score (nSPS) is 18.9. The molecular formula is C15H27N3O4. The smallest absolute Gasteiger partial charge is 0.325 e. The Labute approximate surface area is 131 Å². The van der Waals surface area contributed by atoms with E-state index in [2.05, 4.69) is 5.32 Å². The quantitative estimate of drug-likeness (QED) is 0.648. The van der Waals surface area contributed by atoms with E-state index >= 15 is 0 Å². The number of hydrogen-bond acceptors (Lipinski definition) is 4. The molecule has 7 nitrogen and oxygen atoms in total. The van der Waals surface area contributed by atoms with Crippen LogP contribution in [0.2, 0.25) is 0 Å². The molecule has 0 aromatic heterocycles. The average Bonchev–Trinajstić information content (AvgIpc) is 2.45. The van der Waals surface area contributed by atoms with Crippen LogP contribution >= 0.6 is 0 Å². The zero-order valence-electron chi connectivity index (χ0n) is 13.5. The molecule has 126 valence electrons. The third-order valence-electron chi connectivity index (χ3n) is 3.95. The number of nitrogens with zero attached hydrogens (tertiary/aromatic N) is 1. The molecule has 0 aromatic rings. The molecule has 0 saturated carbocycles. The molecule has 1 saturated heterocycles. The molecule has 0 spiro atoms. The molecule has 0 aliphatic carbocycles. The van der Waals surface area contributed by atoms with E-state index in [0.717, 1.165) is 0 Å². The highest BCUT2D eigenvalue weighted by Crippen LogP contribution is 2.19. The zero-order chi connectivity index (χ0) is 16.9. The van der Waals surface area contributed by atoms with Crippen molar-refractivity contribution in [1.82, 2.24) is 10.2 Å². The maximum Gasteiger partial charge on any atom is 0.325 e. The molecule has 4 N–H and O–H groups in total.